The summed E-state index contributed by atoms with van der Waals surface area (Å²) in [6.45, 7) is 5.72. The molecule has 2 aliphatic heterocycles. The highest BCUT2D eigenvalue weighted by Crippen LogP contribution is 2.49. The van der Waals surface area contributed by atoms with E-state index in [4.69, 9.17) is 4.74 Å². The number of carbonyl (C=O) groups excluding carboxylic acids is 2. The Morgan fingerprint density at radius 1 is 0.975 bits per heavy atom. The van der Waals surface area contributed by atoms with E-state index in [-0.39, 0.29) is 17.8 Å². The van der Waals surface area contributed by atoms with Crippen LogP contribution in [0.15, 0.2) is 65.7 Å². The van der Waals surface area contributed by atoms with Gasteiger partial charge in [-0.1, -0.05) is 36.4 Å². The maximum atomic E-state index is 13.9. The third kappa shape index (κ3) is 5.67. The highest BCUT2D eigenvalue weighted by atomic mass is 19.4. The molecule has 1 spiro atoms. The van der Waals surface area contributed by atoms with Crippen molar-refractivity contribution in [3.05, 3.63) is 76.9 Å². The van der Waals surface area contributed by atoms with E-state index in [1.807, 2.05) is 23.1 Å². The number of anilines is 1. The van der Waals surface area contributed by atoms with Crippen LogP contribution in [-0.4, -0.2) is 74.4 Å². The van der Waals surface area contributed by atoms with Gasteiger partial charge >= 0.3 is 6.18 Å². The summed E-state index contributed by atoms with van der Waals surface area (Å²) in [5, 5.41) is 0. The van der Waals surface area contributed by atoms with Crippen LogP contribution in [0.3, 0.4) is 0 Å². The smallest absolute Gasteiger partial charge is 0.375 e. The lowest BCUT2D eigenvalue weighted by Gasteiger charge is -2.43. The van der Waals surface area contributed by atoms with Crippen LogP contribution in [0.1, 0.15) is 43.4 Å². The first-order chi connectivity index (χ1) is 19.1. The minimum atomic E-state index is -4.40. The largest absolute Gasteiger partial charge is 0.416 e. The van der Waals surface area contributed by atoms with Crippen LogP contribution in [-0.2, 0) is 20.5 Å². The number of likely N-dealkylation sites (tertiary alicyclic amines) is 1. The van der Waals surface area contributed by atoms with Crippen molar-refractivity contribution in [2.24, 2.45) is 5.41 Å². The Kier molecular flexibility index (Phi) is 8.06. The maximum absolute atomic E-state index is 13.9. The zero-order chi connectivity index (χ0) is 28.5. The van der Waals surface area contributed by atoms with E-state index >= 15 is 0 Å². The number of methoxy groups -OCH3 is 1. The second-order valence-corrected chi connectivity index (χ2v) is 11.1. The molecule has 6 nitrogen and oxygen atoms in total. The number of hydrogen-bond acceptors (Lipinski definition) is 5. The van der Waals surface area contributed by atoms with Crippen molar-refractivity contribution in [3.63, 3.8) is 0 Å². The summed E-state index contributed by atoms with van der Waals surface area (Å²) in [7, 11) is 1.72. The highest BCUT2D eigenvalue weighted by molar-refractivity contribution is 6.10. The summed E-state index contributed by atoms with van der Waals surface area (Å²) in [5.41, 5.74) is 1.71. The molecule has 1 aliphatic carbocycles. The van der Waals surface area contributed by atoms with Crippen molar-refractivity contribution < 1.29 is 27.5 Å². The summed E-state index contributed by atoms with van der Waals surface area (Å²) >= 11 is 0. The normalized spacial score (nSPS) is 20.9. The topological polar surface area (TPSA) is 53.1 Å². The Bertz CT molecular complexity index is 1260. The predicted octanol–water partition coefficient (Wildman–Crippen LogP) is 5.11. The molecule has 0 saturated carbocycles. The Morgan fingerprint density at radius 2 is 1.65 bits per heavy atom. The lowest BCUT2D eigenvalue weighted by Crippen LogP contribution is -2.51. The summed E-state index contributed by atoms with van der Waals surface area (Å²) in [6, 6.07) is 15.4. The molecule has 0 radical (unpaired) electrons. The minimum Gasteiger partial charge on any atom is -0.375 e. The molecule has 1 atom stereocenters. The maximum Gasteiger partial charge on any atom is 0.416 e. The van der Waals surface area contributed by atoms with Crippen molar-refractivity contribution >= 4 is 17.4 Å². The zero-order valence-electron chi connectivity index (χ0n) is 23.0. The molecule has 2 aromatic carbocycles. The van der Waals surface area contributed by atoms with Crippen LogP contribution >= 0.6 is 0 Å². The first kappa shape index (κ1) is 28.4. The molecule has 214 valence electrons. The van der Waals surface area contributed by atoms with Gasteiger partial charge in [-0.2, -0.15) is 13.2 Å². The monoisotopic (exact) mass is 555 g/mol. The van der Waals surface area contributed by atoms with Crippen LogP contribution < -0.4 is 4.90 Å². The Hall–Kier alpha value is -3.17. The first-order valence-corrected chi connectivity index (χ1v) is 13.9. The molecule has 9 heteroatoms. The van der Waals surface area contributed by atoms with E-state index in [1.54, 1.807) is 25.0 Å². The molecule has 2 aromatic rings. The van der Waals surface area contributed by atoms with Crippen LogP contribution in [0.5, 0.6) is 0 Å². The van der Waals surface area contributed by atoms with Crippen LogP contribution in [0.2, 0.25) is 0 Å². The van der Waals surface area contributed by atoms with Crippen molar-refractivity contribution in [2.75, 3.05) is 57.8 Å². The van der Waals surface area contributed by atoms with Crippen molar-refractivity contribution in [3.8, 4) is 0 Å². The second kappa shape index (κ2) is 11.4. The summed E-state index contributed by atoms with van der Waals surface area (Å²) in [5.74, 6) is -0.0574. The average molecular weight is 556 g/mol. The van der Waals surface area contributed by atoms with Crippen LogP contribution in [0, 0.1) is 5.41 Å². The quantitative estimate of drug-likeness (QED) is 0.496. The number of hydrogen-bond donors (Lipinski definition) is 0. The van der Waals surface area contributed by atoms with Crippen molar-refractivity contribution in [2.45, 2.75) is 38.5 Å². The van der Waals surface area contributed by atoms with E-state index < -0.39 is 17.2 Å². The van der Waals surface area contributed by atoms with Gasteiger partial charge in [-0.25, -0.2) is 0 Å². The molecule has 2 heterocycles. The highest BCUT2D eigenvalue weighted by Gasteiger charge is 2.49. The number of ether oxygens (including phenoxy) is 1. The van der Waals surface area contributed by atoms with Gasteiger partial charge in [-0.15, -0.1) is 0 Å². The molecule has 1 unspecified atom stereocenters. The number of amides is 1. The Labute approximate surface area is 233 Å². The van der Waals surface area contributed by atoms with Gasteiger partial charge in [0.25, 0.3) is 5.91 Å². The Morgan fingerprint density at radius 3 is 2.27 bits per heavy atom. The number of alkyl halides is 3. The SMILES string of the molecule is COC(CN1CCC2(CC1)CC(=O)C(C)=C2C(=O)N1CCN(c2cccc(C(F)(F)F)c2)CC1)c1ccccc1. The van der Waals surface area contributed by atoms with Crippen molar-refractivity contribution in [1.82, 2.24) is 9.80 Å². The number of nitrogens with zero attached hydrogens (tertiary/aromatic N) is 3. The number of benzene rings is 2. The number of ketones is 1. The lowest BCUT2D eigenvalue weighted by atomic mass is 9.72. The number of piperazine rings is 1. The molecular weight excluding hydrogens is 519 g/mol. The molecule has 0 bridgehead atoms. The predicted molar refractivity (Wildman–Crippen MR) is 147 cm³/mol. The first-order valence-electron chi connectivity index (χ1n) is 13.9. The van der Waals surface area contributed by atoms with Gasteiger partial charge in [0.1, 0.15) is 0 Å². The fraction of sp³-hybridized carbons (Fsp3) is 0.484. The molecule has 0 N–H and O–H groups in total. The lowest BCUT2D eigenvalue weighted by molar-refractivity contribution is -0.137. The third-order valence-corrected chi connectivity index (χ3v) is 8.83. The molecule has 2 fully saturated rings. The second-order valence-electron chi connectivity index (χ2n) is 11.1. The molecule has 40 heavy (non-hydrogen) atoms. The number of allylic oxidation sites excluding steroid dienone is 1. The van der Waals surface area contributed by atoms with E-state index in [0.717, 1.165) is 50.2 Å². The van der Waals surface area contributed by atoms with Gasteiger partial charge in [0.05, 0.1) is 11.7 Å². The fourth-order valence-corrected chi connectivity index (χ4v) is 6.47. The standard InChI is InChI=1S/C31H36F3N3O3/c1-22-26(38)20-30(11-13-35(14-12-30)21-27(40-2)23-7-4-3-5-8-23)28(22)29(39)37-17-15-36(16-18-37)25-10-6-9-24(19-25)31(32,33)34/h3-10,19,27H,11-18,20-21H2,1-2H3. The van der Waals surface area contributed by atoms with E-state index in [9.17, 15) is 22.8 Å². The van der Waals surface area contributed by atoms with E-state index in [0.29, 0.717) is 49.4 Å². The molecular formula is C31H36F3N3O3. The molecule has 0 aromatic heterocycles. The summed E-state index contributed by atoms with van der Waals surface area (Å²) in [6.07, 6.45) is -2.63. The Balaban J connectivity index is 1.23. The number of halogens is 3. The molecule has 2 saturated heterocycles. The molecule has 3 aliphatic rings. The van der Waals surface area contributed by atoms with Gasteiger partial charge in [-0.05, 0) is 56.6 Å². The van der Waals surface area contributed by atoms with Crippen LogP contribution in [0.4, 0.5) is 18.9 Å². The van der Waals surface area contributed by atoms with Gasteiger partial charge in [0.15, 0.2) is 5.78 Å². The minimum absolute atomic E-state index is 0.0402. The van der Waals surface area contributed by atoms with E-state index in [1.165, 1.54) is 6.07 Å². The number of rotatable bonds is 6. The molecule has 1 amide bonds. The number of piperidine rings is 1. The fourth-order valence-electron chi connectivity index (χ4n) is 6.47. The third-order valence-electron chi connectivity index (χ3n) is 8.83. The number of carbonyl (C=O) groups is 2. The zero-order valence-corrected chi connectivity index (χ0v) is 23.0. The van der Waals surface area contributed by atoms with Gasteiger partial charge in [0, 0.05) is 68.5 Å². The number of Topliss-reactive ketones (excluding diaryl/α,β-unsaturated/α-hetero) is 1. The average Bonchev–Trinajstić information content (AvgIpc) is 3.21. The van der Waals surface area contributed by atoms with Crippen LogP contribution in [0.25, 0.3) is 0 Å². The summed E-state index contributed by atoms with van der Waals surface area (Å²) < 4.78 is 45.3. The molecule has 5 rings (SSSR count). The summed E-state index contributed by atoms with van der Waals surface area (Å²) in [4.78, 5) is 32.8. The van der Waals surface area contributed by atoms with E-state index in [2.05, 4.69) is 17.0 Å². The van der Waals surface area contributed by atoms with Gasteiger partial charge in [-0.3, -0.25) is 9.59 Å². The van der Waals surface area contributed by atoms with Gasteiger partial charge in [0.2, 0.25) is 0 Å². The van der Waals surface area contributed by atoms with Gasteiger partial charge < -0.3 is 19.4 Å². The van der Waals surface area contributed by atoms with Crippen molar-refractivity contribution in [1.29, 1.82) is 0 Å².